The van der Waals surface area contributed by atoms with E-state index >= 15 is 0 Å². The number of benzene rings is 1. The molecule has 0 fully saturated rings. The van der Waals surface area contributed by atoms with Crippen molar-refractivity contribution in [1.82, 2.24) is 4.98 Å². The Morgan fingerprint density at radius 2 is 1.48 bits per heavy atom. The predicted octanol–water partition coefficient (Wildman–Crippen LogP) is 6.33. The van der Waals surface area contributed by atoms with Crippen molar-refractivity contribution in [2.45, 2.75) is 36.0 Å². The Kier molecular flexibility index (Phi) is 6.17. The van der Waals surface area contributed by atoms with Crippen molar-refractivity contribution in [3.63, 3.8) is 0 Å². The molecule has 0 bridgehead atoms. The van der Waals surface area contributed by atoms with Gasteiger partial charge in [0.2, 0.25) is 0 Å². The molecule has 0 spiro atoms. The summed E-state index contributed by atoms with van der Waals surface area (Å²) >= 11 is 5.95. The van der Waals surface area contributed by atoms with Crippen LogP contribution in [0.5, 0.6) is 0 Å². The number of anilines is 1. The number of nitrogens with one attached hydrogen (secondary N) is 1. The molecule has 0 radical (unpaired) electrons. The SMILES string of the molecule is O=C(Nc1nc2ccc(Cl)cc2s1)C(F)(F)C(F)(F)C(F)(F)C(F)(F)C(F)(F)C(F)F. The van der Waals surface area contributed by atoms with Crippen molar-refractivity contribution in [1.29, 1.82) is 0 Å². The zero-order valence-electron chi connectivity index (χ0n) is 14.0. The zero-order valence-corrected chi connectivity index (χ0v) is 15.6. The summed E-state index contributed by atoms with van der Waals surface area (Å²) in [5.74, 6) is -40.2. The van der Waals surface area contributed by atoms with Gasteiger partial charge in [0.25, 0.3) is 0 Å². The molecule has 2 aromatic rings. The second-order valence-electron chi connectivity index (χ2n) is 5.81. The molecular formula is C14H5ClF12N2OS. The normalized spacial score (nSPS) is 14.4. The van der Waals surface area contributed by atoms with Crippen LogP contribution in [-0.2, 0) is 4.79 Å². The van der Waals surface area contributed by atoms with Gasteiger partial charge in [0.1, 0.15) is 0 Å². The highest BCUT2D eigenvalue weighted by molar-refractivity contribution is 7.22. The van der Waals surface area contributed by atoms with Crippen LogP contribution in [0.1, 0.15) is 0 Å². The molecule has 1 N–H and O–H groups in total. The van der Waals surface area contributed by atoms with Gasteiger partial charge in [-0.05, 0) is 18.2 Å². The van der Waals surface area contributed by atoms with E-state index in [4.69, 9.17) is 11.6 Å². The number of amides is 1. The third kappa shape index (κ3) is 3.76. The summed E-state index contributed by atoms with van der Waals surface area (Å²) in [6.07, 6.45) is -5.62. The number of carbonyl (C=O) groups excluding carboxylic acids is 1. The van der Waals surface area contributed by atoms with E-state index in [1.54, 1.807) is 0 Å². The fourth-order valence-electron chi connectivity index (χ4n) is 2.01. The lowest BCUT2D eigenvalue weighted by Gasteiger charge is -2.38. The smallest absolute Gasteiger partial charge is 0.296 e. The molecule has 17 heteroatoms. The first kappa shape index (κ1) is 25.3. The molecule has 0 aliphatic rings. The van der Waals surface area contributed by atoms with Gasteiger partial charge in [-0.2, -0.15) is 43.9 Å². The number of halogens is 13. The Hall–Kier alpha value is -1.97. The summed E-state index contributed by atoms with van der Waals surface area (Å²) in [6.45, 7) is 0. The maximum Gasteiger partial charge on any atom is 0.393 e. The van der Waals surface area contributed by atoms with E-state index in [2.05, 4.69) is 4.98 Å². The van der Waals surface area contributed by atoms with Gasteiger partial charge in [-0.25, -0.2) is 13.8 Å². The molecule has 2 rings (SSSR count). The minimum absolute atomic E-state index is 0.0341. The monoisotopic (exact) mass is 512 g/mol. The number of hydrogen-bond donors (Lipinski definition) is 1. The van der Waals surface area contributed by atoms with Crippen molar-refractivity contribution in [2.75, 3.05) is 5.32 Å². The number of nitrogens with zero attached hydrogens (tertiary/aromatic N) is 1. The number of aromatic nitrogens is 1. The lowest BCUT2D eigenvalue weighted by Crippen LogP contribution is -2.70. The molecule has 0 aliphatic heterocycles. The molecule has 0 saturated carbocycles. The average Bonchev–Trinajstić information content (AvgIpc) is 3.01. The van der Waals surface area contributed by atoms with E-state index in [9.17, 15) is 57.5 Å². The van der Waals surface area contributed by atoms with E-state index < -0.39 is 47.1 Å². The molecule has 0 aliphatic carbocycles. The first-order chi connectivity index (χ1) is 13.8. The van der Waals surface area contributed by atoms with E-state index in [0.29, 0.717) is 11.3 Å². The van der Waals surface area contributed by atoms with Crippen LogP contribution in [0, 0.1) is 0 Å². The minimum atomic E-state index is -7.79. The number of thiazole rings is 1. The van der Waals surface area contributed by atoms with Crippen LogP contribution in [0.4, 0.5) is 57.8 Å². The van der Waals surface area contributed by atoms with Crippen molar-refractivity contribution >= 4 is 44.2 Å². The highest BCUT2D eigenvalue weighted by Crippen LogP contribution is 2.58. The number of carbonyl (C=O) groups is 1. The Balaban J connectivity index is 2.41. The van der Waals surface area contributed by atoms with Gasteiger partial charge in [-0.15, -0.1) is 0 Å². The van der Waals surface area contributed by atoms with Crippen molar-refractivity contribution in [3.05, 3.63) is 23.2 Å². The third-order valence-electron chi connectivity index (χ3n) is 3.73. The minimum Gasteiger partial charge on any atom is -0.296 e. The fraction of sp³-hybridized carbons (Fsp3) is 0.429. The van der Waals surface area contributed by atoms with Gasteiger partial charge < -0.3 is 0 Å². The zero-order chi connectivity index (χ0) is 24.2. The van der Waals surface area contributed by atoms with Crippen LogP contribution >= 0.6 is 22.9 Å². The number of fused-ring (bicyclic) bond motifs is 1. The van der Waals surface area contributed by atoms with Crippen LogP contribution in [0.3, 0.4) is 0 Å². The van der Waals surface area contributed by atoms with Crippen LogP contribution in [0.15, 0.2) is 18.2 Å². The quantitative estimate of drug-likeness (QED) is 0.441. The van der Waals surface area contributed by atoms with E-state index in [-0.39, 0.29) is 15.2 Å². The summed E-state index contributed by atoms with van der Waals surface area (Å²) in [6, 6.07) is 3.60. The lowest BCUT2D eigenvalue weighted by molar-refractivity contribution is -0.406. The molecule has 0 unspecified atom stereocenters. The van der Waals surface area contributed by atoms with E-state index in [0.717, 1.165) is 5.32 Å². The topological polar surface area (TPSA) is 42.0 Å². The van der Waals surface area contributed by atoms with Gasteiger partial charge >= 0.3 is 41.9 Å². The second kappa shape index (κ2) is 7.56. The highest BCUT2D eigenvalue weighted by Gasteiger charge is 2.89. The number of alkyl halides is 12. The van der Waals surface area contributed by atoms with E-state index in [1.165, 1.54) is 18.2 Å². The maximum atomic E-state index is 13.8. The molecule has 31 heavy (non-hydrogen) atoms. The fourth-order valence-corrected chi connectivity index (χ4v) is 3.15. The lowest BCUT2D eigenvalue weighted by atomic mass is 9.94. The van der Waals surface area contributed by atoms with E-state index in [1.807, 2.05) is 0 Å². The average molecular weight is 513 g/mol. The molecule has 1 heterocycles. The van der Waals surface area contributed by atoms with Gasteiger partial charge in [0, 0.05) is 5.02 Å². The van der Waals surface area contributed by atoms with Gasteiger partial charge in [-0.1, -0.05) is 22.9 Å². The highest BCUT2D eigenvalue weighted by atomic mass is 35.5. The summed E-state index contributed by atoms with van der Waals surface area (Å²) in [4.78, 5) is 14.9. The summed E-state index contributed by atoms with van der Waals surface area (Å²) in [5.41, 5.74) is -0.0341. The molecule has 0 atom stereocenters. The van der Waals surface area contributed by atoms with Crippen LogP contribution in [0.25, 0.3) is 10.2 Å². The van der Waals surface area contributed by atoms with Gasteiger partial charge in [0.15, 0.2) is 5.13 Å². The summed E-state index contributed by atoms with van der Waals surface area (Å²) < 4.78 is 158. The Morgan fingerprint density at radius 3 is 2.00 bits per heavy atom. The first-order valence-corrected chi connectivity index (χ1v) is 8.55. The second-order valence-corrected chi connectivity index (χ2v) is 7.27. The first-order valence-electron chi connectivity index (χ1n) is 7.35. The largest absolute Gasteiger partial charge is 0.393 e. The Labute approximate surface area is 172 Å². The van der Waals surface area contributed by atoms with Crippen LogP contribution < -0.4 is 5.32 Å². The number of hydrogen-bond acceptors (Lipinski definition) is 3. The van der Waals surface area contributed by atoms with Gasteiger partial charge in [-0.3, -0.25) is 10.1 Å². The molecule has 1 aromatic carbocycles. The standard InChI is InChI=1S/C14H5ClF12N2OS/c15-4-1-2-5-6(3-4)31-9(28-5)29-8(30)11(20,21)13(24,25)14(26,27)12(22,23)10(18,19)7(16)17/h1-3,7H,(H,28,29,30). The molecule has 174 valence electrons. The Morgan fingerprint density at radius 1 is 0.935 bits per heavy atom. The molecule has 3 nitrogen and oxygen atoms in total. The van der Waals surface area contributed by atoms with Crippen LogP contribution in [0.2, 0.25) is 5.02 Å². The van der Waals surface area contributed by atoms with Gasteiger partial charge in [0.05, 0.1) is 10.2 Å². The third-order valence-corrected chi connectivity index (χ3v) is 4.90. The molecule has 1 aromatic heterocycles. The summed E-state index contributed by atoms with van der Waals surface area (Å²) in [7, 11) is 0. The maximum absolute atomic E-state index is 13.8. The summed E-state index contributed by atoms with van der Waals surface area (Å²) in [5, 5.41) is 0.157. The predicted molar refractivity (Wildman–Crippen MR) is 84.0 cm³/mol. The van der Waals surface area contributed by atoms with Crippen molar-refractivity contribution < 1.29 is 57.5 Å². The van der Waals surface area contributed by atoms with Crippen molar-refractivity contribution in [3.8, 4) is 0 Å². The molecule has 1 amide bonds. The van der Waals surface area contributed by atoms with Crippen LogP contribution in [-0.4, -0.2) is 46.9 Å². The molecular weight excluding hydrogens is 508 g/mol. The molecule has 0 saturated heterocycles. The van der Waals surface area contributed by atoms with Crippen molar-refractivity contribution in [2.24, 2.45) is 0 Å². The Bertz CT molecular complexity index is 993. The number of rotatable bonds is 7.